The highest BCUT2D eigenvalue weighted by Crippen LogP contribution is 2.23. The van der Waals surface area contributed by atoms with Gasteiger partial charge in [-0.05, 0) is 19.3 Å². The van der Waals surface area contributed by atoms with Gasteiger partial charge in [0.15, 0.2) is 0 Å². The molecule has 3 heteroatoms. The van der Waals surface area contributed by atoms with Crippen LogP contribution >= 0.6 is 0 Å². The Kier molecular flexibility index (Phi) is 2.96. The van der Waals surface area contributed by atoms with Gasteiger partial charge in [0.25, 0.3) is 0 Å². The summed E-state index contributed by atoms with van der Waals surface area (Å²) in [5.74, 6) is 1.35. The van der Waals surface area contributed by atoms with Crippen LogP contribution in [0, 0.1) is 12.8 Å². The van der Waals surface area contributed by atoms with Gasteiger partial charge in [-0.3, -0.25) is 0 Å². The molecule has 0 bridgehead atoms. The van der Waals surface area contributed by atoms with E-state index in [0.29, 0.717) is 12.0 Å². The van der Waals surface area contributed by atoms with Crippen LogP contribution < -0.4 is 5.73 Å². The highest BCUT2D eigenvalue weighted by atomic mass is 15.3. The van der Waals surface area contributed by atoms with Crippen molar-refractivity contribution >= 4 is 5.82 Å². The molecule has 0 aliphatic heterocycles. The van der Waals surface area contributed by atoms with Crippen LogP contribution in [-0.2, 0) is 0 Å². The molecular weight excluding hydrogens is 162 g/mol. The van der Waals surface area contributed by atoms with Crippen LogP contribution in [0.15, 0.2) is 6.07 Å². The second-order valence-electron chi connectivity index (χ2n) is 3.87. The topological polar surface area (TPSA) is 43.8 Å². The van der Waals surface area contributed by atoms with Crippen molar-refractivity contribution in [3.63, 3.8) is 0 Å². The predicted molar refractivity (Wildman–Crippen MR) is 55.5 cm³/mol. The first-order chi connectivity index (χ1) is 6.06. The summed E-state index contributed by atoms with van der Waals surface area (Å²) < 4.78 is 1.94. The van der Waals surface area contributed by atoms with Crippen LogP contribution in [0.1, 0.15) is 38.9 Å². The lowest BCUT2D eigenvalue weighted by Crippen LogP contribution is -2.17. The number of hydrogen-bond donors (Lipinski definition) is 1. The van der Waals surface area contributed by atoms with Crippen molar-refractivity contribution in [2.75, 3.05) is 5.73 Å². The van der Waals surface area contributed by atoms with E-state index in [2.05, 4.69) is 25.9 Å². The van der Waals surface area contributed by atoms with E-state index in [9.17, 15) is 0 Å². The maximum absolute atomic E-state index is 5.86. The summed E-state index contributed by atoms with van der Waals surface area (Å²) in [6.45, 7) is 8.54. The number of nitrogen functional groups attached to an aromatic ring is 1. The molecule has 0 radical (unpaired) electrons. The third-order valence-electron chi connectivity index (χ3n) is 2.39. The number of nitrogens with two attached hydrogens (primary N) is 1. The molecule has 0 aliphatic rings. The molecule has 1 aromatic heterocycles. The summed E-state index contributed by atoms with van der Waals surface area (Å²) in [6, 6.07) is 2.35. The molecule has 0 aliphatic carbocycles. The van der Waals surface area contributed by atoms with E-state index in [1.807, 2.05) is 17.7 Å². The summed E-state index contributed by atoms with van der Waals surface area (Å²) in [5, 5.41) is 4.39. The van der Waals surface area contributed by atoms with E-state index in [-0.39, 0.29) is 0 Å². The fraction of sp³-hybridized carbons (Fsp3) is 0.700. The Labute approximate surface area is 79.9 Å². The molecule has 3 nitrogen and oxygen atoms in total. The first-order valence-corrected chi connectivity index (χ1v) is 4.87. The average molecular weight is 181 g/mol. The van der Waals surface area contributed by atoms with Gasteiger partial charge in [0, 0.05) is 6.07 Å². The molecule has 1 unspecified atom stereocenters. The highest BCUT2D eigenvalue weighted by molar-refractivity contribution is 5.30. The van der Waals surface area contributed by atoms with Crippen molar-refractivity contribution < 1.29 is 0 Å². The van der Waals surface area contributed by atoms with Crippen LogP contribution in [-0.4, -0.2) is 9.78 Å². The quantitative estimate of drug-likeness (QED) is 0.778. The van der Waals surface area contributed by atoms with Crippen LogP contribution in [0.3, 0.4) is 0 Å². The van der Waals surface area contributed by atoms with Gasteiger partial charge in [-0.15, -0.1) is 0 Å². The van der Waals surface area contributed by atoms with Gasteiger partial charge in [-0.25, -0.2) is 4.68 Å². The Morgan fingerprint density at radius 2 is 2.15 bits per heavy atom. The SMILES string of the molecule is CCC(C(C)C)n1nc(C)cc1N. The lowest BCUT2D eigenvalue weighted by molar-refractivity contribution is 0.340. The molecule has 0 saturated heterocycles. The average Bonchev–Trinajstić information content (AvgIpc) is 2.31. The molecular formula is C10H19N3. The van der Waals surface area contributed by atoms with Gasteiger partial charge in [0.05, 0.1) is 11.7 Å². The van der Waals surface area contributed by atoms with Crippen LogP contribution in [0.4, 0.5) is 5.82 Å². The van der Waals surface area contributed by atoms with Crippen LogP contribution in [0.5, 0.6) is 0 Å². The first-order valence-electron chi connectivity index (χ1n) is 4.87. The Morgan fingerprint density at radius 3 is 2.46 bits per heavy atom. The number of anilines is 1. The normalized spacial score (nSPS) is 13.6. The Balaban J connectivity index is 2.97. The van der Waals surface area contributed by atoms with Crippen molar-refractivity contribution in [2.45, 2.75) is 40.2 Å². The van der Waals surface area contributed by atoms with E-state index in [1.54, 1.807) is 0 Å². The Bertz CT molecular complexity index is 276. The molecule has 1 aromatic rings. The van der Waals surface area contributed by atoms with Crippen LogP contribution in [0.2, 0.25) is 0 Å². The number of aryl methyl sites for hydroxylation is 1. The van der Waals surface area contributed by atoms with E-state index in [0.717, 1.165) is 17.9 Å². The minimum atomic E-state index is 0.425. The van der Waals surface area contributed by atoms with Gasteiger partial charge in [-0.2, -0.15) is 5.10 Å². The van der Waals surface area contributed by atoms with E-state index < -0.39 is 0 Å². The minimum Gasteiger partial charge on any atom is -0.384 e. The fourth-order valence-corrected chi connectivity index (χ4v) is 1.73. The van der Waals surface area contributed by atoms with Gasteiger partial charge in [0.1, 0.15) is 5.82 Å². The van der Waals surface area contributed by atoms with Gasteiger partial charge >= 0.3 is 0 Å². The maximum atomic E-state index is 5.86. The monoisotopic (exact) mass is 181 g/mol. The van der Waals surface area contributed by atoms with Gasteiger partial charge < -0.3 is 5.73 Å². The Hall–Kier alpha value is -0.990. The molecule has 0 spiro atoms. The number of aromatic nitrogens is 2. The van der Waals surface area contributed by atoms with Crippen molar-refractivity contribution in [3.05, 3.63) is 11.8 Å². The molecule has 0 saturated carbocycles. The highest BCUT2D eigenvalue weighted by Gasteiger charge is 2.16. The van der Waals surface area contributed by atoms with E-state index in [4.69, 9.17) is 5.73 Å². The van der Waals surface area contributed by atoms with Crippen LogP contribution in [0.25, 0.3) is 0 Å². The molecule has 2 N–H and O–H groups in total. The zero-order valence-electron chi connectivity index (χ0n) is 8.91. The predicted octanol–water partition coefficient (Wildman–Crippen LogP) is 2.38. The number of hydrogen-bond acceptors (Lipinski definition) is 2. The first kappa shape index (κ1) is 10.1. The molecule has 1 heterocycles. The third kappa shape index (κ3) is 2.02. The van der Waals surface area contributed by atoms with Crippen molar-refractivity contribution in [3.8, 4) is 0 Å². The second kappa shape index (κ2) is 3.81. The lowest BCUT2D eigenvalue weighted by atomic mass is 10.0. The van der Waals surface area contributed by atoms with Crippen molar-refractivity contribution in [2.24, 2.45) is 5.92 Å². The Morgan fingerprint density at radius 1 is 1.54 bits per heavy atom. The molecule has 1 rings (SSSR count). The maximum Gasteiger partial charge on any atom is 0.122 e. The summed E-state index contributed by atoms with van der Waals surface area (Å²) in [7, 11) is 0. The summed E-state index contributed by atoms with van der Waals surface area (Å²) in [6.07, 6.45) is 1.07. The van der Waals surface area contributed by atoms with Gasteiger partial charge in [-0.1, -0.05) is 20.8 Å². The molecule has 1 atom stereocenters. The largest absolute Gasteiger partial charge is 0.384 e. The smallest absolute Gasteiger partial charge is 0.122 e. The van der Waals surface area contributed by atoms with Crippen molar-refractivity contribution in [1.29, 1.82) is 0 Å². The van der Waals surface area contributed by atoms with Gasteiger partial charge in [0.2, 0.25) is 0 Å². The molecule has 0 amide bonds. The van der Waals surface area contributed by atoms with Crippen molar-refractivity contribution in [1.82, 2.24) is 9.78 Å². The summed E-state index contributed by atoms with van der Waals surface area (Å²) >= 11 is 0. The molecule has 0 aromatic carbocycles. The zero-order chi connectivity index (χ0) is 10.0. The summed E-state index contributed by atoms with van der Waals surface area (Å²) in [5.41, 5.74) is 6.85. The number of rotatable bonds is 3. The minimum absolute atomic E-state index is 0.425. The van der Waals surface area contributed by atoms with E-state index in [1.165, 1.54) is 0 Å². The van der Waals surface area contributed by atoms with E-state index >= 15 is 0 Å². The fourth-order valence-electron chi connectivity index (χ4n) is 1.73. The molecule has 13 heavy (non-hydrogen) atoms. The third-order valence-corrected chi connectivity index (χ3v) is 2.39. The summed E-state index contributed by atoms with van der Waals surface area (Å²) in [4.78, 5) is 0. The zero-order valence-corrected chi connectivity index (χ0v) is 8.91. The second-order valence-corrected chi connectivity index (χ2v) is 3.87. The lowest BCUT2D eigenvalue weighted by Gasteiger charge is -2.20. The molecule has 74 valence electrons. The number of nitrogens with zero attached hydrogens (tertiary/aromatic N) is 2. The molecule has 0 fully saturated rings. The standard InChI is InChI=1S/C10H19N3/c1-5-9(7(2)3)13-10(11)6-8(4)12-13/h6-7,9H,5,11H2,1-4H3.